The van der Waals surface area contributed by atoms with E-state index in [1.807, 2.05) is 0 Å². The molecule has 1 saturated heterocycles. The van der Waals surface area contributed by atoms with Gasteiger partial charge in [-0.05, 0) is 19.8 Å². The van der Waals surface area contributed by atoms with E-state index in [-0.39, 0.29) is 6.23 Å². The fourth-order valence-corrected chi connectivity index (χ4v) is 1.06. The van der Waals surface area contributed by atoms with E-state index < -0.39 is 12.0 Å². The first kappa shape index (κ1) is 8.49. The van der Waals surface area contributed by atoms with E-state index in [2.05, 4.69) is 5.32 Å². The first-order chi connectivity index (χ1) is 5.20. The standard InChI is InChI=1S/C7H13NO3/c1-5(7(9)10)8-6-3-2-4-11-6/h5-6,8H,2-4H2,1H3,(H,9,10). The van der Waals surface area contributed by atoms with Crippen LogP contribution in [0.4, 0.5) is 0 Å². The second-order valence-electron chi connectivity index (χ2n) is 2.73. The molecule has 2 atom stereocenters. The molecule has 1 heterocycles. The number of ether oxygens (including phenoxy) is 1. The highest BCUT2D eigenvalue weighted by molar-refractivity contribution is 5.72. The molecule has 1 aliphatic rings. The van der Waals surface area contributed by atoms with Gasteiger partial charge < -0.3 is 9.84 Å². The van der Waals surface area contributed by atoms with Crippen LogP contribution in [0.2, 0.25) is 0 Å². The van der Waals surface area contributed by atoms with Gasteiger partial charge in [-0.25, -0.2) is 0 Å². The van der Waals surface area contributed by atoms with Gasteiger partial charge in [0.15, 0.2) is 0 Å². The van der Waals surface area contributed by atoms with Crippen LogP contribution in [-0.4, -0.2) is 30.0 Å². The number of nitrogens with one attached hydrogen (secondary N) is 1. The second kappa shape index (κ2) is 3.69. The Morgan fingerprint density at radius 3 is 3.00 bits per heavy atom. The predicted octanol–water partition coefficient (Wildman–Crippen LogP) is 0.186. The van der Waals surface area contributed by atoms with Crippen molar-refractivity contribution in [1.29, 1.82) is 0 Å². The molecule has 0 radical (unpaired) electrons. The molecule has 4 nitrogen and oxygen atoms in total. The van der Waals surface area contributed by atoms with Crippen molar-refractivity contribution < 1.29 is 14.6 Å². The van der Waals surface area contributed by atoms with Crippen molar-refractivity contribution in [1.82, 2.24) is 5.32 Å². The third kappa shape index (κ3) is 2.48. The largest absolute Gasteiger partial charge is 0.480 e. The fourth-order valence-electron chi connectivity index (χ4n) is 1.06. The zero-order valence-electron chi connectivity index (χ0n) is 6.54. The van der Waals surface area contributed by atoms with Crippen LogP contribution in [0.1, 0.15) is 19.8 Å². The van der Waals surface area contributed by atoms with Gasteiger partial charge in [-0.2, -0.15) is 0 Å². The molecular formula is C7H13NO3. The van der Waals surface area contributed by atoms with Gasteiger partial charge in [0, 0.05) is 6.61 Å². The zero-order valence-corrected chi connectivity index (χ0v) is 6.54. The molecule has 0 spiro atoms. The van der Waals surface area contributed by atoms with E-state index in [4.69, 9.17) is 9.84 Å². The second-order valence-corrected chi connectivity index (χ2v) is 2.73. The van der Waals surface area contributed by atoms with E-state index >= 15 is 0 Å². The Kier molecular flexibility index (Phi) is 2.84. The number of rotatable bonds is 3. The Bertz CT molecular complexity index is 143. The van der Waals surface area contributed by atoms with Crippen LogP contribution < -0.4 is 5.32 Å². The van der Waals surface area contributed by atoms with Gasteiger partial charge in [-0.3, -0.25) is 10.1 Å². The molecule has 0 aromatic carbocycles. The van der Waals surface area contributed by atoms with E-state index in [1.54, 1.807) is 6.92 Å². The maximum absolute atomic E-state index is 10.4. The molecule has 0 amide bonds. The Hall–Kier alpha value is -0.610. The van der Waals surface area contributed by atoms with Crippen molar-refractivity contribution in [2.45, 2.75) is 32.0 Å². The number of carbonyl (C=O) groups is 1. The molecule has 1 aliphatic heterocycles. The molecule has 11 heavy (non-hydrogen) atoms. The molecular weight excluding hydrogens is 146 g/mol. The summed E-state index contributed by atoms with van der Waals surface area (Å²) in [6.45, 7) is 2.36. The quantitative estimate of drug-likeness (QED) is 0.617. The number of carboxylic acids is 1. The molecule has 2 N–H and O–H groups in total. The summed E-state index contributed by atoms with van der Waals surface area (Å²) in [6.07, 6.45) is 1.88. The summed E-state index contributed by atoms with van der Waals surface area (Å²) in [4.78, 5) is 10.4. The normalized spacial score (nSPS) is 26.8. The molecule has 4 heteroatoms. The van der Waals surface area contributed by atoms with Crippen LogP contribution in [0.3, 0.4) is 0 Å². The van der Waals surface area contributed by atoms with Crippen molar-refractivity contribution in [2.24, 2.45) is 0 Å². The lowest BCUT2D eigenvalue weighted by atomic mass is 10.3. The number of carboxylic acid groups (broad SMARTS) is 1. The SMILES string of the molecule is CC(NC1CCCO1)C(=O)O. The van der Waals surface area contributed by atoms with Gasteiger partial charge in [0.05, 0.1) is 0 Å². The molecule has 1 fully saturated rings. The van der Waals surface area contributed by atoms with Gasteiger partial charge in [-0.15, -0.1) is 0 Å². The maximum Gasteiger partial charge on any atom is 0.320 e. The third-order valence-electron chi connectivity index (χ3n) is 1.74. The topological polar surface area (TPSA) is 58.6 Å². The van der Waals surface area contributed by atoms with Crippen molar-refractivity contribution in [3.05, 3.63) is 0 Å². The molecule has 1 rings (SSSR count). The lowest BCUT2D eigenvalue weighted by Crippen LogP contribution is -2.40. The number of hydrogen-bond donors (Lipinski definition) is 2. The summed E-state index contributed by atoms with van der Waals surface area (Å²) >= 11 is 0. The summed E-state index contributed by atoms with van der Waals surface area (Å²) in [6, 6.07) is -0.516. The minimum atomic E-state index is -0.833. The van der Waals surface area contributed by atoms with Crippen LogP contribution in [0.5, 0.6) is 0 Å². The summed E-state index contributed by atoms with van der Waals surface area (Å²) in [5, 5.41) is 11.4. The Balaban J connectivity index is 2.23. The summed E-state index contributed by atoms with van der Waals surface area (Å²) in [7, 11) is 0. The van der Waals surface area contributed by atoms with Gasteiger partial charge in [0.2, 0.25) is 0 Å². The van der Waals surface area contributed by atoms with Crippen LogP contribution in [0.15, 0.2) is 0 Å². The molecule has 2 unspecified atom stereocenters. The van der Waals surface area contributed by atoms with E-state index in [1.165, 1.54) is 0 Å². The Labute approximate surface area is 65.5 Å². The molecule has 0 aromatic rings. The zero-order chi connectivity index (χ0) is 8.27. The van der Waals surface area contributed by atoms with Crippen LogP contribution in [0.25, 0.3) is 0 Å². The van der Waals surface area contributed by atoms with E-state index in [9.17, 15) is 4.79 Å². The minimum Gasteiger partial charge on any atom is -0.480 e. The molecule has 0 aliphatic carbocycles. The fraction of sp³-hybridized carbons (Fsp3) is 0.857. The Morgan fingerprint density at radius 1 is 1.82 bits per heavy atom. The van der Waals surface area contributed by atoms with Gasteiger partial charge in [0.25, 0.3) is 0 Å². The molecule has 0 saturated carbocycles. The first-order valence-corrected chi connectivity index (χ1v) is 3.80. The van der Waals surface area contributed by atoms with Crippen molar-refractivity contribution >= 4 is 5.97 Å². The maximum atomic E-state index is 10.4. The Morgan fingerprint density at radius 2 is 2.55 bits per heavy atom. The monoisotopic (exact) mass is 159 g/mol. The lowest BCUT2D eigenvalue weighted by molar-refractivity contribution is -0.140. The predicted molar refractivity (Wildman–Crippen MR) is 39.2 cm³/mol. The minimum absolute atomic E-state index is 0.0545. The summed E-state index contributed by atoms with van der Waals surface area (Å²) in [5.41, 5.74) is 0. The average Bonchev–Trinajstić information content (AvgIpc) is 2.39. The molecule has 0 aromatic heterocycles. The summed E-state index contributed by atoms with van der Waals surface area (Å²) < 4.78 is 5.20. The van der Waals surface area contributed by atoms with Crippen LogP contribution >= 0.6 is 0 Å². The third-order valence-corrected chi connectivity index (χ3v) is 1.74. The van der Waals surface area contributed by atoms with Gasteiger partial charge in [0.1, 0.15) is 12.3 Å². The molecule has 0 bridgehead atoms. The summed E-state index contributed by atoms with van der Waals surface area (Å²) in [5.74, 6) is -0.833. The number of aliphatic carboxylic acids is 1. The highest BCUT2D eigenvalue weighted by Crippen LogP contribution is 2.09. The van der Waals surface area contributed by atoms with E-state index in [0.717, 1.165) is 19.4 Å². The average molecular weight is 159 g/mol. The number of hydrogen-bond acceptors (Lipinski definition) is 3. The van der Waals surface area contributed by atoms with Crippen molar-refractivity contribution in [3.8, 4) is 0 Å². The highest BCUT2D eigenvalue weighted by atomic mass is 16.5. The van der Waals surface area contributed by atoms with Crippen LogP contribution in [0, 0.1) is 0 Å². The molecule has 64 valence electrons. The van der Waals surface area contributed by atoms with E-state index in [0.29, 0.717) is 0 Å². The van der Waals surface area contributed by atoms with Gasteiger partial charge >= 0.3 is 5.97 Å². The first-order valence-electron chi connectivity index (χ1n) is 3.80. The highest BCUT2D eigenvalue weighted by Gasteiger charge is 2.20. The van der Waals surface area contributed by atoms with Crippen molar-refractivity contribution in [2.75, 3.05) is 6.61 Å². The van der Waals surface area contributed by atoms with Crippen LogP contribution in [-0.2, 0) is 9.53 Å². The smallest absolute Gasteiger partial charge is 0.320 e. The lowest BCUT2D eigenvalue weighted by Gasteiger charge is -2.14. The van der Waals surface area contributed by atoms with Gasteiger partial charge in [-0.1, -0.05) is 0 Å². The van der Waals surface area contributed by atoms with Crippen molar-refractivity contribution in [3.63, 3.8) is 0 Å².